The number of esters is 2. The van der Waals surface area contributed by atoms with Crippen LogP contribution in [-0.4, -0.2) is 54.0 Å². The largest absolute Gasteiger partial charge is 0.462 e. The number of fused-ring (bicyclic) bond motifs is 3. The van der Waals surface area contributed by atoms with Crippen LogP contribution in [0.15, 0.2) is 0 Å². The average Bonchev–Trinajstić information content (AvgIpc) is 3.30. The zero-order chi connectivity index (χ0) is 30.3. The Morgan fingerprint density at radius 2 is 1.60 bits per heavy atom. The summed E-state index contributed by atoms with van der Waals surface area (Å²) in [5.74, 6) is -2.08. The van der Waals surface area contributed by atoms with Crippen molar-refractivity contribution >= 4 is 49.2 Å². The molecule has 10 heteroatoms. The molecule has 1 heterocycles. The topological polar surface area (TPSA) is 88.1 Å². The Hall–Kier alpha value is -0.673. The van der Waals surface area contributed by atoms with Crippen molar-refractivity contribution in [2.45, 2.75) is 140 Å². The van der Waals surface area contributed by atoms with Crippen molar-refractivity contribution in [2.75, 3.05) is 0 Å². The summed E-state index contributed by atoms with van der Waals surface area (Å²) in [6.45, 7) is 20.2. The predicted octanol–water partition coefficient (Wildman–Crippen LogP) is 6.97. The lowest BCUT2D eigenvalue weighted by atomic mass is 9.61. The normalized spacial score (nSPS) is 43.1. The molecule has 4 fully saturated rings. The Labute approximate surface area is 250 Å². The highest BCUT2D eigenvalue weighted by Crippen LogP contribution is 2.67. The zero-order valence-corrected chi connectivity index (χ0v) is 28.3. The number of ketones is 1. The third kappa shape index (κ3) is 5.42. The van der Waals surface area contributed by atoms with Crippen LogP contribution in [0.3, 0.4) is 0 Å². The molecule has 3 aliphatic carbocycles. The maximum absolute atomic E-state index is 14.3. The molecule has 1 spiro atoms. The number of alkyl halides is 2. The first kappa shape index (κ1) is 32.2. The number of hydrogen-bond donors (Lipinski definition) is 0. The van der Waals surface area contributed by atoms with Crippen molar-refractivity contribution in [1.29, 1.82) is 0 Å². The minimum absolute atomic E-state index is 0.0535. The van der Waals surface area contributed by atoms with Gasteiger partial charge in [0, 0.05) is 32.6 Å². The molecule has 0 bridgehead atoms. The Morgan fingerprint density at radius 3 is 2.15 bits per heavy atom. The predicted molar refractivity (Wildman–Crippen MR) is 156 cm³/mol. The smallest absolute Gasteiger partial charge is 0.304 e. The lowest BCUT2D eigenvalue weighted by Crippen LogP contribution is -2.55. The van der Waals surface area contributed by atoms with Crippen LogP contribution < -0.4 is 0 Å². The summed E-state index contributed by atoms with van der Waals surface area (Å²) in [6.07, 6.45) is 2.24. The van der Waals surface area contributed by atoms with Crippen molar-refractivity contribution in [3.63, 3.8) is 0 Å². The number of carbonyl (C=O) groups excluding carboxylic acids is 3. The summed E-state index contributed by atoms with van der Waals surface area (Å²) in [7, 11) is -2.29. The van der Waals surface area contributed by atoms with E-state index in [1.165, 1.54) is 13.8 Å². The van der Waals surface area contributed by atoms with E-state index < -0.39 is 48.1 Å². The summed E-state index contributed by atoms with van der Waals surface area (Å²) in [6, 6.07) is 0. The molecule has 9 atom stereocenters. The van der Waals surface area contributed by atoms with Gasteiger partial charge in [-0.1, -0.05) is 57.8 Å². The Balaban J connectivity index is 1.80. The molecule has 40 heavy (non-hydrogen) atoms. The van der Waals surface area contributed by atoms with Crippen LogP contribution in [0.1, 0.15) is 93.9 Å². The van der Waals surface area contributed by atoms with Crippen LogP contribution in [0.4, 0.5) is 0 Å². The van der Waals surface area contributed by atoms with Crippen LogP contribution >= 0.6 is 23.2 Å². The fourth-order valence-corrected chi connectivity index (χ4v) is 10.5. The summed E-state index contributed by atoms with van der Waals surface area (Å²) < 4.78 is 23.4. The van der Waals surface area contributed by atoms with Gasteiger partial charge in [0.2, 0.25) is 6.29 Å². The van der Waals surface area contributed by atoms with Crippen molar-refractivity contribution in [1.82, 2.24) is 0 Å². The second-order valence-corrected chi connectivity index (χ2v) is 21.3. The number of Topliss-reactive ketones (excluding diaryl/α,β-unsaturated/α-hetero) is 1. The Kier molecular flexibility index (Phi) is 8.23. The lowest BCUT2D eigenvalue weighted by Gasteiger charge is -2.51. The highest BCUT2D eigenvalue weighted by molar-refractivity contribution is 6.74. The molecular weight excluding hydrogens is 571 g/mol. The van der Waals surface area contributed by atoms with E-state index in [0.29, 0.717) is 19.3 Å². The number of hydrogen-bond acceptors (Lipinski definition) is 7. The molecule has 1 saturated heterocycles. The Bertz CT molecular complexity index is 1060. The van der Waals surface area contributed by atoms with Gasteiger partial charge in [-0.15, -0.1) is 0 Å². The van der Waals surface area contributed by atoms with Crippen LogP contribution in [-0.2, 0) is 33.0 Å². The van der Waals surface area contributed by atoms with E-state index in [-0.39, 0.29) is 46.4 Å². The molecule has 4 aliphatic rings. The van der Waals surface area contributed by atoms with Gasteiger partial charge >= 0.3 is 11.9 Å². The van der Waals surface area contributed by atoms with Gasteiger partial charge in [-0.2, -0.15) is 0 Å². The molecule has 0 radical (unpaired) electrons. The van der Waals surface area contributed by atoms with E-state index in [2.05, 4.69) is 54.6 Å². The fraction of sp³-hybridized carbons (Fsp3) is 0.900. The molecule has 3 saturated carbocycles. The van der Waals surface area contributed by atoms with Crippen LogP contribution in [0, 0.1) is 29.1 Å². The molecule has 7 nitrogen and oxygen atoms in total. The molecule has 0 amide bonds. The van der Waals surface area contributed by atoms with Crippen molar-refractivity contribution in [3.8, 4) is 0 Å². The highest BCUT2D eigenvalue weighted by atomic mass is 35.5. The zero-order valence-electron chi connectivity index (χ0n) is 25.8. The second kappa shape index (κ2) is 10.2. The molecule has 228 valence electrons. The second-order valence-electron chi connectivity index (χ2n) is 15.1. The molecule has 4 rings (SSSR count). The third-order valence-corrected chi connectivity index (χ3v) is 16.5. The molecule has 0 aromatic rings. The van der Waals surface area contributed by atoms with Gasteiger partial charge in [0.15, 0.2) is 18.4 Å². The molecule has 0 N–H and O–H groups in total. The lowest BCUT2D eigenvalue weighted by molar-refractivity contribution is -0.198. The van der Waals surface area contributed by atoms with Crippen LogP contribution in [0.2, 0.25) is 18.1 Å². The summed E-state index contributed by atoms with van der Waals surface area (Å²) in [5.41, 5.74) is -1.60. The Morgan fingerprint density at radius 1 is 1.00 bits per heavy atom. The summed E-state index contributed by atoms with van der Waals surface area (Å²) in [4.78, 5) is 38.3. The maximum Gasteiger partial charge on any atom is 0.304 e. The number of halogens is 2. The van der Waals surface area contributed by atoms with Crippen molar-refractivity contribution in [2.24, 2.45) is 29.1 Å². The number of rotatable bonds is 4. The van der Waals surface area contributed by atoms with Gasteiger partial charge in [-0.25, -0.2) is 0 Å². The minimum atomic E-state index is -2.29. The first-order valence-electron chi connectivity index (χ1n) is 14.7. The SMILES string of the molecule is CC(=O)OC1C[C@H](C)[C@]2(CC[C@]3(C)C[C@H]4[C@H](C(=O)C(Cl)(Cl)C[C@H]32)[C@@H](OC(C)=O)C[C@@]4(C)O[Si](C)(C)C(C)(C)C)O1. The maximum atomic E-state index is 14.3. The molecule has 0 aromatic carbocycles. The van der Waals surface area contributed by atoms with E-state index in [9.17, 15) is 14.4 Å². The van der Waals surface area contributed by atoms with Gasteiger partial charge in [-0.05, 0) is 68.0 Å². The van der Waals surface area contributed by atoms with Gasteiger partial charge in [0.25, 0.3) is 0 Å². The first-order chi connectivity index (χ1) is 18.1. The minimum Gasteiger partial charge on any atom is -0.462 e. The fourth-order valence-electron chi connectivity index (χ4n) is 8.26. The molecule has 0 aromatic heterocycles. The van der Waals surface area contributed by atoms with Crippen LogP contribution in [0.5, 0.6) is 0 Å². The van der Waals surface area contributed by atoms with Gasteiger partial charge < -0.3 is 18.6 Å². The average molecular weight is 620 g/mol. The number of ether oxygens (including phenoxy) is 3. The van der Waals surface area contributed by atoms with Gasteiger partial charge in [0.05, 0.1) is 17.1 Å². The standard InChI is InChI=1S/C30H48Cl2O7Si/c1-17-13-23(37-19(3)34)38-29(17)12-11-27(7)14-20-24(25(35)30(31,32)16-22(27)29)21(36-18(2)33)15-28(20,8)39-40(9,10)26(4,5)6/h17,20-24H,11-16H2,1-10H3/t17-,20-,21-,22+,23?,24-,27+,28+,29-/m0/s1. The van der Waals surface area contributed by atoms with Gasteiger partial charge in [0.1, 0.15) is 6.10 Å². The van der Waals surface area contributed by atoms with Crippen molar-refractivity contribution in [3.05, 3.63) is 0 Å². The monoisotopic (exact) mass is 618 g/mol. The van der Waals surface area contributed by atoms with E-state index in [0.717, 1.165) is 12.8 Å². The van der Waals surface area contributed by atoms with E-state index in [1.807, 2.05) is 0 Å². The van der Waals surface area contributed by atoms with E-state index in [4.69, 9.17) is 41.8 Å². The third-order valence-electron chi connectivity index (χ3n) is 11.2. The van der Waals surface area contributed by atoms with Crippen LogP contribution in [0.25, 0.3) is 0 Å². The summed E-state index contributed by atoms with van der Waals surface area (Å²) in [5, 5.41) is -0.0535. The van der Waals surface area contributed by atoms with Gasteiger partial charge in [-0.3, -0.25) is 14.4 Å². The first-order valence-corrected chi connectivity index (χ1v) is 18.4. The number of carbonyl (C=O) groups is 3. The molecular formula is C30H48Cl2O7Si. The quantitative estimate of drug-likeness (QED) is 0.191. The van der Waals surface area contributed by atoms with E-state index >= 15 is 0 Å². The highest BCUT2D eigenvalue weighted by Gasteiger charge is 2.69. The molecule has 1 aliphatic heterocycles. The van der Waals surface area contributed by atoms with Crippen molar-refractivity contribution < 1.29 is 33.0 Å². The molecule has 1 unspecified atom stereocenters. The van der Waals surface area contributed by atoms with E-state index in [1.54, 1.807) is 0 Å². The summed E-state index contributed by atoms with van der Waals surface area (Å²) >= 11 is 14.1.